The number of rotatable bonds is 2. The first-order chi connectivity index (χ1) is 8.47. The van der Waals surface area contributed by atoms with Gasteiger partial charge in [0.2, 0.25) is 5.91 Å². The van der Waals surface area contributed by atoms with Crippen molar-refractivity contribution in [3.63, 3.8) is 0 Å². The maximum absolute atomic E-state index is 12.6. The van der Waals surface area contributed by atoms with Crippen molar-refractivity contribution >= 4 is 5.91 Å². The molecule has 18 heavy (non-hydrogen) atoms. The number of carbonyl (C=O) groups excluding carboxylic acids is 1. The first kappa shape index (κ1) is 12.5. The molecular formula is C15H26N2O. The van der Waals surface area contributed by atoms with E-state index in [1.54, 1.807) is 0 Å². The fourth-order valence-corrected chi connectivity index (χ4v) is 3.94. The highest BCUT2D eigenvalue weighted by Gasteiger charge is 2.60. The molecule has 3 rings (SSSR count). The maximum Gasteiger partial charge on any atom is 0.244 e. The van der Waals surface area contributed by atoms with E-state index in [9.17, 15) is 4.79 Å². The fourth-order valence-electron chi connectivity index (χ4n) is 3.94. The van der Waals surface area contributed by atoms with Gasteiger partial charge in [0.05, 0.1) is 11.7 Å². The summed E-state index contributed by atoms with van der Waals surface area (Å²) in [5.41, 5.74) is 0.267. The molecule has 1 spiro atoms. The average molecular weight is 250 g/mol. The molecule has 0 aromatic carbocycles. The van der Waals surface area contributed by atoms with Crippen molar-refractivity contribution in [2.75, 3.05) is 0 Å². The minimum atomic E-state index is -0.137. The third kappa shape index (κ3) is 1.87. The van der Waals surface area contributed by atoms with Gasteiger partial charge >= 0.3 is 0 Å². The van der Waals surface area contributed by atoms with E-state index in [0.29, 0.717) is 23.5 Å². The van der Waals surface area contributed by atoms with Crippen LogP contribution >= 0.6 is 0 Å². The van der Waals surface area contributed by atoms with E-state index in [0.717, 1.165) is 19.3 Å². The highest BCUT2D eigenvalue weighted by Crippen LogP contribution is 2.46. The molecule has 3 heteroatoms. The standard InChI is InChI=1S/C15H26N2O/c1-4-12-16-15(8-9-15)13(18)17(12)11-6-5-7-14(2,3)10-11/h11-12,16H,4-10H2,1-3H3. The minimum absolute atomic E-state index is 0.137. The van der Waals surface area contributed by atoms with Crippen molar-refractivity contribution in [1.82, 2.24) is 10.2 Å². The van der Waals surface area contributed by atoms with Crippen molar-refractivity contribution in [2.24, 2.45) is 5.41 Å². The molecule has 2 aliphatic carbocycles. The monoisotopic (exact) mass is 250 g/mol. The van der Waals surface area contributed by atoms with Crippen molar-refractivity contribution in [3.05, 3.63) is 0 Å². The van der Waals surface area contributed by atoms with Crippen LogP contribution in [0.4, 0.5) is 0 Å². The van der Waals surface area contributed by atoms with Gasteiger partial charge in [-0.1, -0.05) is 27.2 Å². The number of nitrogens with one attached hydrogen (secondary N) is 1. The summed E-state index contributed by atoms with van der Waals surface area (Å²) in [7, 11) is 0. The molecule has 3 fully saturated rings. The Morgan fingerprint density at radius 1 is 1.33 bits per heavy atom. The lowest BCUT2D eigenvalue weighted by Crippen LogP contribution is -2.47. The molecule has 1 saturated heterocycles. The molecule has 3 nitrogen and oxygen atoms in total. The zero-order valence-corrected chi connectivity index (χ0v) is 12.0. The van der Waals surface area contributed by atoms with Crippen LogP contribution in [0.1, 0.15) is 65.7 Å². The van der Waals surface area contributed by atoms with E-state index in [4.69, 9.17) is 0 Å². The summed E-state index contributed by atoms with van der Waals surface area (Å²) in [6, 6.07) is 0.471. The zero-order valence-electron chi connectivity index (χ0n) is 12.0. The molecular weight excluding hydrogens is 224 g/mol. The topological polar surface area (TPSA) is 32.3 Å². The van der Waals surface area contributed by atoms with Gasteiger partial charge in [0.15, 0.2) is 0 Å². The normalized spacial score (nSPS) is 37.3. The molecule has 1 amide bonds. The van der Waals surface area contributed by atoms with Gasteiger partial charge in [-0.2, -0.15) is 0 Å². The van der Waals surface area contributed by atoms with Gasteiger partial charge in [0, 0.05) is 6.04 Å². The Hall–Kier alpha value is -0.570. The summed E-state index contributed by atoms with van der Waals surface area (Å²) in [5.74, 6) is 0.400. The van der Waals surface area contributed by atoms with Crippen LogP contribution < -0.4 is 5.32 Å². The van der Waals surface area contributed by atoms with Gasteiger partial charge in [-0.15, -0.1) is 0 Å². The van der Waals surface area contributed by atoms with Crippen molar-refractivity contribution < 1.29 is 4.79 Å². The van der Waals surface area contributed by atoms with Gasteiger partial charge < -0.3 is 4.90 Å². The molecule has 2 saturated carbocycles. The van der Waals surface area contributed by atoms with Crippen LogP contribution in [0.2, 0.25) is 0 Å². The van der Waals surface area contributed by atoms with Crippen LogP contribution in [0.3, 0.4) is 0 Å². The molecule has 2 atom stereocenters. The van der Waals surface area contributed by atoms with E-state index in [1.807, 2.05) is 0 Å². The van der Waals surface area contributed by atoms with Crippen molar-refractivity contribution in [1.29, 1.82) is 0 Å². The smallest absolute Gasteiger partial charge is 0.244 e. The molecule has 102 valence electrons. The van der Waals surface area contributed by atoms with Crippen LogP contribution in [0.25, 0.3) is 0 Å². The highest BCUT2D eigenvalue weighted by molar-refractivity contribution is 5.92. The second kappa shape index (κ2) is 3.96. The predicted molar refractivity (Wildman–Crippen MR) is 72.1 cm³/mol. The first-order valence-electron chi connectivity index (χ1n) is 7.58. The molecule has 2 unspecified atom stereocenters. The van der Waals surface area contributed by atoms with Crippen LogP contribution in [0.5, 0.6) is 0 Å². The Morgan fingerprint density at radius 2 is 2.06 bits per heavy atom. The quantitative estimate of drug-likeness (QED) is 0.817. The van der Waals surface area contributed by atoms with E-state index >= 15 is 0 Å². The Labute approximate surface area is 110 Å². The molecule has 0 radical (unpaired) electrons. The Balaban J connectivity index is 1.79. The molecule has 0 aromatic rings. The molecule has 3 aliphatic rings. The van der Waals surface area contributed by atoms with E-state index in [-0.39, 0.29) is 5.54 Å². The maximum atomic E-state index is 12.6. The van der Waals surface area contributed by atoms with E-state index in [2.05, 4.69) is 31.0 Å². The fraction of sp³-hybridized carbons (Fsp3) is 0.933. The van der Waals surface area contributed by atoms with E-state index in [1.165, 1.54) is 25.7 Å². The van der Waals surface area contributed by atoms with Crippen LogP contribution in [-0.2, 0) is 4.79 Å². The van der Waals surface area contributed by atoms with E-state index < -0.39 is 0 Å². The molecule has 1 aliphatic heterocycles. The number of nitrogens with zero attached hydrogens (tertiary/aromatic N) is 1. The van der Waals surface area contributed by atoms with Gasteiger partial charge in [-0.05, 0) is 43.9 Å². The first-order valence-corrected chi connectivity index (χ1v) is 7.58. The second-order valence-corrected chi connectivity index (χ2v) is 7.28. The van der Waals surface area contributed by atoms with Crippen LogP contribution in [0.15, 0.2) is 0 Å². The Morgan fingerprint density at radius 3 is 2.61 bits per heavy atom. The third-order valence-electron chi connectivity index (χ3n) is 5.13. The Bertz CT molecular complexity index is 360. The Kier molecular flexibility index (Phi) is 2.74. The SMILES string of the molecule is CCC1NC2(CC2)C(=O)N1C1CCCC(C)(C)C1. The number of amides is 1. The van der Waals surface area contributed by atoms with Gasteiger partial charge in [0.1, 0.15) is 0 Å². The molecule has 0 aromatic heterocycles. The lowest BCUT2D eigenvalue weighted by Gasteiger charge is -2.41. The summed E-state index contributed by atoms with van der Waals surface area (Å²) in [6.07, 6.45) is 8.37. The lowest BCUT2D eigenvalue weighted by atomic mass is 9.74. The summed E-state index contributed by atoms with van der Waals surface area (Å²) in [5, 5.41) is 3.59. The summed E-state index contributed by atoms with van der Waals surface area (Å²) >= 11 is 0. The predicted octanol–water partition coefficient (Wildman–Crippen LogP) is 2.66. The van der Waals surface area contributed by atoms with Crippen molar-refractivity contribution in [2.45, 2.75) is 83.5 Å². The van der Waals surface area contributed by atoms with Gasteiger partial charge in [-0.25, -0.2) is 0 Å². The average Bonchev–Trinajstić information content (AvgIpc) is 3.01. The van der Waals surface area contributed by atoms with Crippen LogP contribution in [0, 0.1) is 5.41 Å². The summed E-state index contributed by atoms with van der Waals surface area (Å²) in [4.78, 5) is 14.8. The molecule has 1 N–H and O–H groups in total. The number of hydrogen-bond acceptors (Lipinski definition) is 2. The second-order valence-electron chi connectivity index (χ2n) is 7.28. The van der Waals surface area contributed by atoms with Gasteiger partial charge in [-0.3, -0.25) is 10.1 Å². The number of carbonyl (C=O) groups is 1. The largest absolute Gasteiger partial charge is 0.323 e. The lowest BCUT2D eigenvalue weighted by molar-refractivity contribution is -0.134. The summed E-state index contributed by atoms with van der Waals surface area (Å²) < 4.78 is 0. The molecule has 1 heterocycles. The highest BCUT2D eigenvalue weighted by atomic mass is 16.2. The molecule has 0 bridgehead atoms. The van der Waals surface area contributed by atoms with Crippen LogP contribution in [-0.4, -0.2) is 28.6 Å². The van der Waals surface area contributed by atoms with Crippen molar-refractivity contribution in [3.8, 4) is 0 Å². The third-order valence-corrected chi connectivity index (χ3v) is 5.13. The zero-order chi connectivity index (χ0) is 13.0. The minimum Gasteiger partial charge on any atom is -0.323 e. The number of hydrogen-bond donors (Lipinski definition) is 1. The summed E-state index contributed by atoms with van der Waals surface area (Å²) in [6.45, 7) is 6.88. The van der Waals surface area contributed by atoms with Gasteiger partial charge in [0.25, 0.3) is 0 Å².